The molecule has 0 unspecified atom stereocenters. The minimum absolute atomic E-state index is 0. The summed E-state index contributed by atoms with van der Waals surface area (Å²) in [5.74, 6) is 0.693. The third kappa shape index (κ3) is 7.45. The minimum atomic E-state index is -0.264. The summed E-state index contributed by atoms with van der Waals surface area (Å²) in [5, 5.41) is 8.15. The van der Waals surface area contributed by atoms with E-state index in [0.717, 1.165) is 24.2 Å². The number of nitrogens with two attached hydrogens (primary N) is 1. The molecule has 0 heterocycles. The SMILES string of the molecule is Br.CCCCS/C(N)=N\N=C\c1ccc(F)cc1. The lowest BCUT2D eigenvalue weighted by atomic mass is 10.2. The maximum absolute atomic E-state index is 12.6. The van der Waals surface area contributed by atoms with Crippen molar-refractivity contribution in [2.75, 3.05) is 5.75 Å². The quantitative estimate of drug-likeness (QED) is 0.387. The molecule has 0 aromatic heterocycles. The number of rotatable bonds is 5. The average molecular weight is 334 g/mol. The molecular weight excluding hydrogens is 317 g/mol. The average Bonchev–Trinajstić information content (AvgIpc) is 2.32. The van der Waals surface area contributed by atoms with Crippen molar-refractivity contribution in [3.05, 3.63) is 35.6 Å². The molecule has 1 aromatic carbocycles. The maximum atomic E-state index is 12.6. The normalized spacial score (nSPS) is 11.6. The minimum Gasteiger partial charge on any atom is -0.377 e. The first kappa shape index (κ1) is 17.1. The first-order chi connectivity index (χ1) is 8.22. The second-order valence-electron chi connectivity index (χ2n) is 3.44. The number of hydrogen-bond acceptors (Lipinski definition) is 3. The summed E-state index contributed by atoms with van der Waals surface area (Å²) in [4.78, 5) is 0. The van der Waals surface area contributed by atoms with Gasteiger partial charge in [-0.3, -0.25) is 0 Å². The molecule has 6 heteroatoms. The van der Waals surface area contributed by atoms with E-state index < -0.39 is 0 Å². The monoisotopic (exact) mass is 333 g/mol. The Hall–Kier alpha value is -0.880. The van der Waals surface area contributed by atoms with E-state index in [9.17, 15) is 4.39 Å². The lowest BCUT2D eigenvalue weighted by molar-refractivity contribution is 0.628. The molecule has 3 nitrogen and oxygen atoms in total. The molecule has 0 fully saturated rings. The van der Waals surface area contributed by atoms with Crippen LogP contribution in [0.15, 0.2) is 34.5 Å². The van der Waals surface area contributed by atoms with Gasteiger partial charge in [0.15, 0.2) is 5.17 Å². The number of thioether (sulfide) groups is 1. The molecule has 0 amide bonds. The Morgan fingerprint density at radius 2 is 2.06 bits per heavy atom. The van der Waals surface area contributed by atoms with E-state index in [1.807, 2.05) is 0 Å². The number of hydrogen-bond donors (Lipinski definition) is 1. The molecule has 1 aromatic rings. The highest BCUT2D eigenvalue weighted by atomic mass is 79.9. The van der Waals surface area contributed by atoms with Crippen LogP contribution in [-0.2, 0) is 0 Å². The molecule has 1 rings (SSSR count). The summed E-state index contributed by atoms with van der Waals surface area (Å²) in [5.41, 5.74) is 6.44. The highest BCUT2D eigenvalue weighted by Crippen LogP contribution is 2.04. The molecule has 0 bridgehead atoms. The number of halogens is 2. The van der Waals surface area contributed by atoms with Crippen LogP contribution in [0.1, 0.15) is 25.3 Å². The standard InChI is InChI=1S/C12H16FN3S.BrH/c1-2-3-8-17-12(14)16-15-9-10-4-6-11(13)7-5-10;/h4-7,9H,2-3,8H2,1H3,(H2,14,16);1H/b15-9+;. The predicted octanol–water partition coefficient (Wildman–Crippen LogP) is 3.59. The highest BCUT2D eigenvalue weighted by Gasteiger charge is 1.92. The molecule has 0 radical (unpaired) electrons. The zero-order valence-corrected chi connectivity index (χ0v) is 12.7. The van der Waals surface area contributed by atoms with Crippen LogP contribution in [-0.4, -0.2) is 17.1 Å². The van der Waals surface area contributed by atoms with Gasteiger partial charge in [0.25, 0.3) is 0 Å². The van der Waals surface area contributed by atoms with Crippen molar-refractivity contribution in [1.29, 1.82) is 0 Å². The summed E-state index contributed by atoms with van der Waals surface area (Å²) in [6.45, 7) is 2.13. The van der Waals surface area contributed by atoms with Crippen LogP contribution in [0.5, 0.6) is 0 Å². The van der Waals surface area contributed by atoms with Crippen molar-refractivity contribution in [1.82, 2.24) is 0 Å². The number of unbranched alkanes of at least 4 members (excludes halogenated alkanes) is 1. The summed E-state index contributed by atoms with van der Waals surface area (Å²) in [7, 11) is 0. The molecule has 0 aliphatic carbocycles. The smallest absolute Gasteiger partial charge is 0.180 e. The molecule has 0 spiro atoms. The zero-order chi connectivity index (χ0) is 12.5. The van der Waals surface area contributed by atoms with Gasteiger partial charge in [-0.2, -0.15) is 5.10 Å². The molecule has 2 N–H and O–H groups in total. The van der Waals surface area contributed by atoms with Gasteiger partial charge in [0.2, 0.25) is 0 Å². The van der Waals surface area contributed by atoms with E-state index in [0.29, 0.717) is 5.17 Å². The molecule has 0 aliphatic rings. The van der Waals surface area contributed by atoms with Crippen LogP contribution < -0.4 is 5.73 Å². The van der Waals surface area contributed by atoms with Crippen molar-refractivity contribution in [3.63, 3.8) is 0 Å². The number of benzene rings is 1. The van der Waals surface area contributed by atoms with Crippen LogP contribution in [0.3, 0.4) is 0 Å². The van der Waals surface area contributed by atoms with Gasteiger partial charge in [-0.25, -0.2) is 4.39 Å². The fourth-order valence-corrected chi connectivity index (χ4v) is 1.80. The predicted molar refractivity (Wildman–Crippen MR) is 83.3 cm³/mol. The van der Waals surface area contributed by atoms with Crippen molar-refractivity contribution >= 4 is 40.1 Å². The Balaban J connectivity index is 0.00000289. The van der Waals surface area contributed by atoms with Gasteiger partial charge in [0.1, 0.15) is 5.82 Å². The Labute approximate surface area is 122 Å². The van der Waals surface area contributed by atoms with Gasteiger partial charge < -0.3 is 5.73 Å². The van der Waals surface area contributed by atoms with Crippen LogP contribution in [0.25, 0.3) is 0 Å². The lowest BCUT2D eigenvalue weighted by Gasteiger charge is -1.96. The van der Waals surface area contributed by atoms with E-state index in [-0.39, 0.29) is 22.8 Å². The highest BCUT2D eigenvalue weighted by molar-refractivity contribution is 8.93. The Bertz CT molecular complexity index is 393. The fraction of sp³-hybridized carbons (Fsp3) is 0.333. The van der Waals surface area contributed by atoms with Crippen LogP contribution in [0.2, 0.25) is 0 Å². The molecule has 0 saturated carbocycles. The third-order valence-corrected chi connectivity index (χ3v) is 2.85. The van der Waals surface area contributed by atoms with Crippen LogP contribution >= 0.6 is 28.7 Å². The largest absolute Gasteiger partial charge is 0.377 e. The Morgan fingerprint density at radius 3 is 2.67 bits per heavy atom. The number of nitrogens with zero attached hydrogens (tertiary/aromatic N) is 2. The molecule has 100 valence electrons. The van der Waals surface area contributed by atoms with Gasteiger partial charge in [-0.15, -0.1) is 22.1 Å². The van der Waals surface area contributed by atoms with Crippen molar-refractivity contribution in [2.24, 2.45) is 15.9 Å². The van der Waals surface area contributed by atoms with E-state index in [1.165, 1.54) is 23.9 Å². The van der Waals surface area contributed by atoms with Gasteiger partial charge >= 0.3 is 0 Å². The van der Waals surface area contributed by atoms with Gasteiger partial charge in [-0.05, 0) is 24.1 Å². The molecule has 0 atom stereocenters. The maximum Gasteiger partial charge on any atom is 0.180 e. The summed E-state index contributed by atoms with van der Waals surface area (Å²) in [6, 6.07) is 6.03. The number of amidine groups is 1. The molecule has 18 heavy (non-hydrogen) atoms. The van der Waals surface area contributed by atoms with Crippen LogP contribution in [0, 0.1) is 5.82 Å². The Morgan fingerprint density at radius 1 is 1.39 bits per heavy atom. The first-order valence-electron chi connectivity index (χ1n) is 5.47. The lowest BCUT2D eigenvalue weighted by Crippen LogP contribution is -2.06. The van der Waals surface area contributed by atoms with Gasteiger partial charge in [-0.1, -0.05) is 37.2 Å². The third-order valence-electron chi connectivity index (χ3n) is 1.98. The summed E-state index contributed by atoms with van der Waals surface area (Å²) < 4.78 is 12.6. The summed E-state index contributed by atoms with van der Waals surface area (Å²) in [6.07, 6.45) is 3.80. The second kappa shape index (κ2) is 10.1. The molecular formula is C12H17BrFN3S. The van der Waals surface area contributed by atoms with Gasteiger partial charge in [0.05, 0.1) is 6.21 Å². The van der Waals surface area contributed by atoms with E-state index >= 15 is 0 Å². The second-order valence-corrected chi connectivity index (χ2v) is 4.55. The van der Waals surface area contributed by atoms with Crippen molar-refractivity contribution < 1.29 is 4.39 Å². The molecule has 0 saturated heterocycles. The van der Waals surface area contributed by atoms with Crippen LogP contribution in [0.4, 0.5) is 4.39 Å². The zero-order valence-electron chi connectivity index (χ0n) is 10.2. The van der Waals surface area contributed by atoms with E-state index in [4.69, 9.17) is 5.73 Å². The first-order valence-corrected chi connectivity index (χ1v) is 6.46. The van der Waals surface area contributed by atoms with E-state index in [2.05, 4.69) is 17.1 Å². The Kier molecular flexibility index (Phi) is 9.59. The van der Waals surface area contributed by atoms with Crippen molar-refractivity contribution in [2.45, 2.75) is 19.8 Å². The topological polar surface area (TPSA) is 50.7 Å². The van der Waals surface area contributed by atoms with Crippen molar-refractivity contribution in [3.8, 4) is 0 Å². The van der Waals surface area contributed by atoms with Gasteiger partial charge in [0, 0.05) is 5.75 Å². The van der Waals surface area contributed by atoms with E-state index in [1.54, 1.807) is 18.3 Å². The fourth-order valence-electron chi connectivity index (χ4n) is 1.05. The molecule has 0 aliphatic heterocycles. The summed E-state index contributed by atoms with van der Waals surface area (Å²) >= 11 is 1.49.